The molecule has 1 fully saturated rings. The Morgan fingerprint density at radius 1 is 1.56 bits per heavy atom. The number of nitrogens with zero attached hydrogens (tertiary/aromatic N) is 3. The van der Waals surface area contributed by atoms with Gasteiger partial charge in [-0.1, -0.05) is 0 Å². The SMILES string of the molecule is C[C@H](c1cnccn1)N(C)C[C@H]1CCNC1. The molecule has 0 unspecified atom stereocenters. The second kappa shape index (κ2) is 5.37. The molecule has 0 saturated carbocycles. The highest BCUT2D eigenvalue weighted by atomic mass is 15.1. The Balaban J connectivity index is 1.91. The Kier molecular flexibility index (Phi) is 3.85. The summed E-state index contributed by atoms with van der Waals surface area (Å²) in [5, 5.41) is 3.40. The summed E-state index contributed by atoms with van der Waals surface area (Å²) in [6.07, 6.45) is 6.62. The lowest BCUT2D eigenvalue weighted by molar-refractivity contribution is 0.222. The molecule has 88 valence electrons. The number of rotatable bonds is 4. The predicted octanol–water partition coefficient (Wildman–Crippen LogP) is 1.08. The van der Waals surface area contributed by atoms with Crippen LogP contribution in [0.25, 0.3) is 0 Å². The summed E-state index contributed by atoms with van der Waals surface area (Å²) < 4.78 is 0. The molecule has 1 saturated heterocycles. The van der Waals surface area contributed by atoms with Crippen LogP contribution in [-0.2, 0) is 0 Å². The third-order valence-electron chi connectivity index (χ3n) is 3.38. The van der Waals surface area contributed by atoms with Crippen molar-refractivity contribution in [2.45, 2.75) is 19.4 Å². The Bertz CT molecular complexity index is 308. The van der Waals surface area contributed by atoms with E-state index in [0.717, 1.165) is 31.2 Å². The van der Waals surface area contributed by atoms with E-state index in [9.17, 15) is 0 Å². The van der Waals surface area contributed by atoms with Gasteiger partial charge in [0.2, 0.25) is 0 Å². The highest BCUT2D eigenvalue weighted by Gasteiger charge is 2.20. The standard InChI is InChI=1S/C12H20N4/c1-10(12-8-14-5-6-15-12)16(2)9-11-3-4-13-7-11/h5-6,8,10-11,13H,3-4,7,9H2,1-2H3/t10-,11+/m1/s1. The summed E-state index contributed by atoms with van der Waals surface area (Å²) in [6, 6.07) is 0.342. The fourth-order valence-corrected chi connectivity index (χ4v) is 2.19. The van der Waals surface area contributed by atoms with Crippen molar-refractivity contribution in [3.05, 3.63) is 24.3 Å². The molecule has 16 heavy (non-hydrogen) atoms. The molecule has 2 atom stereocenters. The van der Waals surface area contributed by atoms with Gasteiger partial charge in [0.05, 0.1) is 11.7 Å². The molecule has 1 aliphatic rings. The van der Waals surface area contributed by atoms with E-state index in [4.69, 9.17) is 0 Å². The van der Waals surface area contributed by atoms with Gasteiger partial charge < -0.3 is 5.32 Å². The quantitative estimate of drug-likeness (QED) is 0.824. The molecule has 4 heteroatoms. The van der Waals surface area contributed by atoms with Crippen LogP contribution in [0.1, 0.15) is 25.1 Å². The van der Waals surface area contributed by atoms with Crippen molar-refractivity contribution in [1.82, 2.24) is 20.2 Å². The van der Waals surface area contributed by atoms with Crippen molar-refractivity contribution in [3.8, 4) is 0 Å². The molecule has 0 radical (unpaired) electrons. The highest BCUT2D eigenvalue weighted by Crippen LogP contribution is 2.18. The minimum atomic E-state index is 0.342. The Morgan fingerprint density at radius 3 is 3.06 bits per heavy atom. The first-order valence-corrected chi connectivity index (χ1v) is 5.94. The molecule has 0 bridgehead atoms. The molecule has 0 aromatic carbocycles. The van der Waals surface area contributed by atoms with Gasteiger partial charge in [0.25, 0.3) is 0 Å². The molecule has 1 aromatic heterocycles. The molecule has 0 amide bonds. The van der Waals surface area contributed by atoms with Crippen molar-refractivity contribution >= 4 is 0 Å². The van der Waals surface area contributed by atoms with Gasteiger partial charge in [-0.05, 0) is 39.4 Å². The molecular formula is C12H20N4. The van der Waals surface area contributed by atoms with E-state index in [1.807, 2.05) is 6.20 Å². The van der Waals surface area contributed by atoms with Gasteiger partial charge in [-0.15, -0.1) is 0 Å². The minimum absolute atomic E-state index is 0.342. The summed E-state index contributed by atoms with van der Waals surface area (Å²) >= 11 is 0. The number of aromatic nitrogens is 2. The van der Waals surface area contributed by atoms with Crippen molar-refractivity contribution in [2.24, 2.45) is 5.92 Å². The third-order valence-corrected chi connectivity index (χ3v) is 3.38. The lowest BCUT2D eigenvalue weighted by atomic mass is 10.1. The zero-order chi connectivity index (χ0) is 11.4. The number of nitrogens with one attached hydrogen (secondary N) is 1. The van der Waals surface area contributed by atoms with Crippen molar-refractivity contribution in [2.75, 3.05) is 26.7 Å². The topological polar surface area (TPSA) is 41.1 Å². The summed E-state index contributed by atoms with van der Waals surface area (Å²) in [5.41, 5.74) is 1.05. The second-order valence-corrected chi connectivity index (χ2v) is 4.60. The van der Waals surface area contributed by atoms with Crippen LogP contribution in [-0.4, -0.2) is 41.5 Å². The van der Waals surface area contributed by atoms with Crippen molar-refractivity contribution < 1.29 is 0 Å². The lowest BCUT2D eigenvalue weighted by Gasteiger charge is -2.26. The maximum absolute atomic E-state index is 4.35. The maximum atomic E-state index is 4.35. The van der Waals surface area contributed by atoms with Gasteiger partial charge in [0.1, 0.15) is 0 Å². The van der Waals surface area contributed by atoms with Crippen LogP contribution in [0.4, 0.5) is 0 Å². The van der Waals surface area contributed by atoms with Gasteiger partial charge in [-0.3, -0.25) is 14.9 Å². The van der Waals surface area contributed by atoms with Crippen LogP contribution in [0.15, 0.2) is 18.6 Å². The van der Waals surface area contributed by atoms with Gasteiger partial charge in [-0.2, -0.15) is 0 Å². The second-order valence-electron chi connectivity index (χ2n) is 4.60. The van der Waals surface area contributed by atoms with Crippen LogP contribution in [0.5, 0.6) is 0 Å². The van der Waals surface area contributed by atoms with E-state index in [1.54, 1.807) is 12.4 Å². The molecule has 2 heterocycles. The van der Waals surface area contributed by atoms with E-state index in [1.165, 1.54) is 6.42 Å². The van der Waals surface area contributed by atoms with E-state index in [0.29, 0.717) is 6.04 Å². The number of hydrogen-bond donors (Lipinski definition) is 1. The number of hydrogen-bond acceptors (Lipinski definition) is 4. The zero-order valence-electron chi connectivity index (χ0n) is 10.1. The Morgan fingerprint density at radius 2 is 2.44 bits per heavy atom. The normalized spacial score (nSPS) is 22.6. The van der Waals surface area contributed by atoms with Gasteiger partial charge in [0.15, 0.2) is 0 Å². The molecule has 1 aliphatic heterocycles. The lowest BCUT2D eigenvalue weighted by Crippen LogP contribution is -2.30. The largest absolute Gasteiger partial charge is 0.316 e. The first kappa shape index (κ1) is 11.5. The monoisotopic (exact) mass is 220 g/mol. The molecule has 0 aliphatic carbocycles. The van der Waals surface area contributed by atoms with Crippen LogP contribution in [0.2, 0.25) is 0 Å². The van der Waals surface area contributed by atoms with Crippen molar-refractivity contribution in [1.29, 1.82) is 0 Å². The molecule has 4 nitrogen and oxygen atoms in total. The van der Waals surface area contributed by atoms with Crippen LogP contribution in [0, 0.1) is 5.92 Å². The van der Waals surface area contributed by atoms with Gasteiger partial charge in [-0.25, -0.2) is 0 Å². The fourth-order valence-electron chi connectivity index (χ4n) is 2.19. The zero-order valence-corrected chi connectivity index (χ0v) is 10.1. The predicted molar refractivity (Wildman–Crippen MR) is 64.1 cm³/mol. The Labute approximate surface area is 97.1 Å². The molecular weight excluding hydrogens is 200 g/mol. The smallest absolute Gasteiger partial charge is 0.0755 e. The summed E-state index contributed by atoms with van der Waals surface area (Å²) in [4.78, 5) is 10.8. The van der Waals surface area contributed by atoms with Crippen LogP contribution < -0.4 is 5.32 Å². The first-order chi connectivity index (χ1) is 7.77. The van der Waals surface area contributed by atoms with Crippen LogP contribution in [0.3, 0.4) is 0 Å². The highest BCUT2D eigenvalue weighted by molar-refractivity contribution is 5.01. The van der Waals surface area contributed by atoms with E-state index in [-0.39, 0.29) is 0 Å². The third kappa shape index (κ3) is 2.77. The van der Waals surface area contributed by atoms with E-state index < -0.39 is 0 Å². The van der Waals surface area contributed by atoms with Crippen molar-refractivity contribution in [3.63, 3.8) is 0 Å². The molecule has 1 aromatic rings. The van der Waals surface area contributed by atoms with Gasteiger partial charge >= 0.3 is 0 Å². The summed E-state index contributed by atoms with van der Waals surface area (Å²) in [6.45, 7) is 5.63. The van der Waals surface area contributed by atoms with E-state index >= 15 is 0 Å². The fraction of sp³-hybridized carbons (Fsp3) is 0.667. The molecule has 2 rings (SSSR count). The maximum Gasteiger partial charge on any atom is 0.0755 e. The molecule has 1 N–H and O–H groups in total. The van der Waals surface area contributed by atoms with E-state index in [2.05, 4.69) is 34.2 Å². The van der Waals surface area contributed by atoms with Gasteiger partial charge in [0, 0.05) is 25.1 Å². The minimum Gasteiger partial charge on any atom is -0.316 e. The average Bonchev–Trinajstić information content (AvgIpc) is 2.82. The van der Waals surface area contributed by atoms with Crippen LogP contribution >= 0.6 is 0 Å². The Hall–Kier alpha value is -1.00. The average molecular weight is 220 g/mol. The molecule has 0 spiro atoms. The summed E-state index contributed by atoms with van der Waals surface area (Å²) in [7, 11) is 2.16. The first-order valence-electron chi connectivity index (χ1n) is 5.94. The summed E-state index contributed by atoms with van der Waals surface area (Å²) in [5.74, 6) is 0.782.